The van der Waals surface area contributed by atoms with E-state index in [4.69, 9.17) is 0 Å². The predicted molar refractivity (Wildman–Crippen MR) is 102 cm³/mol. The van der Waals surface area contributed by atoms with Crippen LogP contribution in [0.1, 0.15) is 61.4 Å². The van der Waals surface area contributed by atoms with Crippen molar-refractivity contribution in [2.45, 2.75) is 57.5 Å². The van der Waals surface area contributed by atoms with Crippen molar-refractivity contribution < 1.29 is 0 Å². The van der Waals surface area contributed by atoms with Crippen molar-refractivity contribution in [1.29, 1.82) is 0 Å². The molecule has 25 heavy (non-hydrogen) atoms. The monoisotopic (exact) mass is 336 g/mol. The first-order chi connectivity index (χ1) is 12.4. The van der Waals surface area contributed by atoms with Gasteiger partial charge in [0.25, 0.3) is 0 Å². The third-order valence-corrected chi connectivity index (χ3v) is 5.22. The molecule has 0 bridgehead atoms. The lowest BCUT2D eigenvalue weighted by Crippen LogP contribution is -2.23. The predicted octanol–water partition coefficient (Wildman–Crippen LogP) is 4.34. The number of anilines is 1. The molecule has 2 fully saturated rings. The van der Waals surface area contributed by atoms with Gasteiger partial charge in [-0.3, -0.25) is 4.90 Å². The molecule has 0 amide bonds. The topological polar surface area (TPSA) is 41.0 Å². The van der Waals surface area contributed by atoms with E-state index in [1.165, 1.54) is 62.7 Å². The van der Waals surface area contributed by atoms with E-state index in [0.29, 0.717) is 5.92 Å². The first kappa shape index (κ1) is 16.5. The maximum atomic E-state index is 4.62. The molecule has 132 valence electrons. The highest BCUT2D eigenvalue weighted by molar-refractivity contribution is 5.36. The summed E-state index contributed by atoms with van der Waals surface area (Å²) >= 11 is 0. The van der Waals surface area contributed by atoms with Crippen molar-refractivity contribution in [2.75, 3.05) is 18.4 Å². The molecule has 2 aromatic rings. The van der Waals surface area contributed by atoms with E-state index in [1.807, 2.05) is 12.3 Å². The molecule has 1 aromatic carbocycles. The van der Waals surface area contributed by atoms with Crippen LogP contribution < -0.4 is 5.32 Å². The molecular weight excluding hydrogens is 308 g/mol. The smallest absolute Gasteiger partial charge is 0.133 e. The van der Waals surface area contributed by atoms with Gasteiger partial charge in [-0.2, -0.15) is 0 Å². The largest absolute Gasteiger partial charge is 0.366 e. The van der Waals surface area contributed by atoms with Gasteiger partial charge in [0.05, 0.1) is 0 Å². The molecule has 1 aliphatic carbocycles. The third kappa shape index (κ3) is 4.79. The summed E-state index contributed by atoms with van der Waals surface area (Å²) < 4.78 is 0. The number of aromatic nitrogens is 2. The molecule has 4 heteroatoms. The second-order valence-corrected chi connectivity index (χ2v) is 7.43. The minimum Gasteiger partial charge on any atom is -0.366 e. The van der Waals surface area contributed by atoms with Crippen LogP contribution in [0.25, 0.3) is 0 Å². The minimum absolute atomic E-state index is 0.597. The van der Waals surface area contributed by atoms with E-state index in [2.05, 4.69) is 44.5 Å². The molecule has 0 atom stereocenters. The van der Waals surface area contributed by atoms with Gasteiger partial charge in [0.1, 0.15) is 11.6 Å². The Balaban J connectivity index is 1.30. The SMILES string of the molecule is c1cc(NCc2ccc(CN3CCCCCC3)cc2)nc(C2CC2)n1. The highest BCUT2D eigenvalue weighted by Crippen LogP contribution is 2.38. The third-order valence-electron chi connectivity index (χ3n) is 5.22. The van der Waals surface area contributed by atoms with Crippen LogP contribution in [0, 0.1) is 0 Å². The van der Waals surface area contributed by atoms with Gasteiger partial charge in [-0.15, -0.1) is 0 Å². The molecule has 1 saturated heterocycles. The van der Waals surface area contributed by atoms with Crippen LogP contribution in [-0.2, 0) is 13.1 Å². The van der Waals surface area contributed by atoms with Gasteiger partial charge in [-0.1, -0.05) is 37.1 Å². The van der Waals surface area contributed by atoms with Crippen molar-refractivity contribution in [3.05, 3.63) is 53.5 Å². The summed E-state index contributed by atoms with van der Waals surface area (Å²) in [6, 6.07) is 11.0. The van der Waals surface area contributed by atoms with Crippen LogP contribution in [0.5, 0.6) is 0 Å². The fourth-order valence-electron chi connectivity index (χ4n) is 3.52. The second-order valence-electron chi connectivity index (χ2n) is 7.43. The summed E-state index contributed by atoms with van der Waals surface area (Å²) in [7, 11) is 0. The van der Waals surface area contributed by atoms with Gasteiger partial charge >= 0.3 is 0 Å². The fourth-order valence-corrected chi connectivity index (χ4v) is 3.52. The Hall–Kier alpha value is -1.94. The van der Waals surface area contributed by atoms with Gasteiger partial charge in [-0.25, -0.2) is 9.97 Å². The van der Waals surface area contributed by atoms with E-state index in [-0.39, 0.29) is 0 Å². The molecule has 0 radical (unpaired) electrons. The molecule has 0 unspecified atom stereocenters. The number of nitrogens with zero attached hydrogens (tertiary/aromatic N) is 3. The molecule has 2 aliphatic rings. The van der Waals surface area contributed by atoms with E-state index in [9.17, 15) is 0 Å². The van der Waals surface area contributed by atoms with Crippen molar-refractivity contribution in [3.63, 3.8) is 0 Å². The summed E-state index contributed by atoms with van der Waals surface area (Å²) in [5, 5.41) is 3.43. The Labute approximate surface area is 150 Å². The average molecular weight is 336 g/mol. The number of hydrogen-bond donors (Lipinski definition) is 1. The minimum atomic E-state index is 0.597. The van der Waals surface area contributed by atoms with Crippen LogP contribution in [0.3, 0.4) is 0 Å². The standard InChI is InChI=1S/C21H28N4/c1-2-4-14-25(13-3-1)16-18-7-5-17(6-8-18)15-23-20-11-12-22-21(24-20)19-9-10-19/h5-8,11-12,19H,1-4,9-10,13-16H2,(H,22,23,24). The molecule has 1 saturated carbocycles. The molecule has 1 aliphatic heterocycles. The Morgan fingerprint density at radius 1 is 0.920 bits per heavy atom. The van der Waals surface area contributed by atoms with Crippen molar-refractivity contribution >= 4 is 5.82 Å². The van der Waals surface area contributed by atoms with Crippen LogP contribution >= 0.6 is 0 Å². The number of likely N-dealkylation sites (tertiary alicyclic amines) is 1. The van der Waals surface area contributed by atoms with Crippen LogP contribution in [0.4, 0.5) is 5.82 Å². The number of hydrogen-bond acceptors (Lipinski definition) is 4. The molecule has 1 aromatic heterocycles. The summed E-state index contributed by atoms with van der Waals surface area (Å²) in [6.07, 6.45) is 9.84. The van der Waals surface area contributed by atoms with E-state index < -0.39 is 0 Å². The summed E-state index contributed by atoms with van der Waals surface area (Å²) in [5.41, 5.74) is 2.72. The normalized spacial score (nSPS) is 18.7. The van der Waals surface area contributed by atoms with Gasteiger partial charge < -0.3 is 5.32 Å². The zero-order chi connectivity index (χ0) is 16.9. The quantitative estimate of drug-likeness (QED) is 0.852. The highest BCUT2D eigenvalue weighted by Gasteiger charge is 2.26. The molecule has 4 nitrogen and oxygen atoms in total. The van der Waals surface area contributed by atoms with Gasteiger partial charge in [0, 0.05) is 25.2 Å². The molecule has 2 heterocycles. The van der Waals surface area contributed by atoms with Crippen LogP contribution in [0.15, 0.2) is 36.5 Å². The Morgan fingerprint density at radius 2 is 1.64 bits per heavy atom. The summed E-state index contributed by atoms with van der Waals surface area (Å²) in [6.45, 7) is 4.40. The summed E-state index contributed by atoms with van der Waals surface area (Å²) in [4.78, 5) is 11.6. The van der Waals surface area contributed by atoms with Gasteiger partial charge in [0.15, 0.2) is 0 Å². The average Bonchev–Trinajstić information content (AvgIpc) is 3.49. The second kappa shape index (κ2) is 7.96. The van der Waals surface area contributed by atoms with Crippen LogP contribution in [-0.4, -0.2) is 28.0 Å². The molecule has 0 spiro atoms. The Kier molecular flexibility index (Phi) is 5.26. The Morgan fingerprint density at radius 3 is 2.36 bits per heavy atom. The zero-order valence-corrected chi connectivity index (χ0v) is 15.0. The van der Waals surface area contributed by atoms with Crippen LogP contribution in [0.2, 0.25) is 0 Å². The lowest BCUT2D eigenvalue weighted by molar-refractivity contribution is 0.277. The first-order valence-corrected chi connectivity index (χ1v) is 9.74. The number of rotatable bonds is 6. The summed E-state index contributed by atoms with van der Waals surface area (Å²) in [5.74, 6) is 2.53. The maximum Gasteiger partial charge on any atom is 0.133 e. The first-order valence-electron chi connectivity index (χ1n) is 9.74. The number of nitrogens with one attached hydrogen (secondary N) is 1. The van der Waals surface area contributed by atoms with E-state index >= 15 is 0 Å². The van der Waals surface area contributed by atoms with Gasteiger partial charge in [0.2, 0.25) is 0 Å². The lowest BCUT2D eigenvalue weighted by atomic mass is 10.1. The highest BCUT2D eigenvalue weighted by atomic mass is 15.1. The molecular formula is C21H28N4. The van der Waals surface area contributed by atoms with Crippen molar-refractivity contribution in [1.82, 2.24) is 14.9 Å². The van der Waals surface area contributed by atoms with Crippen molar-refractivity contribution in [2.24, 2.45) is 0 Å². The van der Waals surface area contributed by atoms with E-state index in [1.54, 1.807) is 0 Å². The van der Waals surface area contributed by atoms with Crippen molar-refractivity contribution in [3.8, 4) is 0 Å². The Bertz CT molecular complexity index is 671. The number of benzene rings is 1. The van der Waals surface area contributed by atoms with Gasteiger partial charge in [-0.05, 0) is 56.0 Å². The maximum absolute atomic E-state index is 4.62. The molecule has 1 N–H and O–H groups in total. The molecule has 4 rings (SSSR count). The van der Waals surface area contributed by atoms with E-state index in [0.717, 1.165) is 24.7 Å². The fraction of sp³-hybridized carbons (Fsp3) is 0.524. The lowest BCUT2D eigenvalue weighted by Gasteiger charge is -2.19. The zero-order valence-electron chi connectivity index (χ0n) is 15.0.